The summed E-state index contributed by atoms with van der Waals surface area (Å²) in [6.45, 7) is 2.16. The van der Waals surface area contributed by atoms with E-state index in [2.05, 4.69) is 21.7 Å². The number of hydrogen-bond acceptors (Lipinski definition) is 6. The van der Waals surface area contributed by atoms with E-state index in [1.165, 1.54) is 19.1 Å². The van der Waals surface area contributed by atoms with E-state index in [0.717, 1.165) is 32.4 Å². The Morgan fingerprint density at radius 3 is 2.29 bits per heavy atom. The molecule has 7 heteroatoms. The molecule has 0 spiro atoms. The van der Waals surface area contributed by atoms with Crippen molar-refractivity contribution in [3.8, 4) is 5.75 Å². The number of carbonyl (C=O) groups is 3. The van der Waals surface area contributed by atoms with Crippen LogP contribution in [0.1, 0.15) is 42.1 Å². The van der Waals surface area contributed by atoms with Crippen molar-refractivity contribution in [2.24, 2.45) is 0 Å². The lowest BCUT2D eigenvalue weighted by Gasteiger charge is -2.13. The fourth-order valence-corrected chi connectivity index (χ4v) is 2.77. The third kappa shape index (κ3) is 7.29. The Hall–Kier alpha value is -3.61. The number of methoxy groups -OCH3 is 2. The molecule has 0 aliphatic rings. The van der Waals surface area contributed by atoms with E-state index < -0.39 is 11.9 Å². The van der Waals surface area contributed by atoms with Gasteiger partial charge in [0.2, 0.25) is 5.76 Å². The smallest absolute Gasteiger partial charge is 0.374 e. The molecule has 1 N–H and O–H groups in total. The topological polar surface area (TPSA) is 90.9 Å². The first kappa shape index (κ1) is 23.7. The Labute approximate surface area is 182 Å². The molecule has 2 rings (SSSR count). The highest BCUT2D eigenvalue weighted by atomic mass is 16.6. The second-order valence-corrected chi connectivity index (χ2v) is 6.73. The number of nitrogens with one attached hydrogen (secondary N) is 1. The van der Waals surface area contributed by atoms with E-state index in [9.17, 15) is 14.4 Å². The van der Waals surface area contributed by atoms with Gasteiger partial charge in [0.15, 0.2) is 5.75 Å². The molecule has 0 aromatic heterocycles. The van der Waals surface area contributed by atoms with Gasteiger partial charge in [-0.25, -0.2) is 9.59 Å². The van der Waals surface area contributed by atoms with E-state index in [1.807, 2.05) is 12.1 Å². The van der Waals surface area contributed by atoms with Crippen LogP contribution in [0.3, 0.4) is 0 Å². The number of hydrogen-bond donors (Lipinski definition) is 1. The van der Waals surface area contributed by atoms with E-state index in [1.54, 1.807) is 36.4 Å². The number of benzene rings is 2. The summed E-state index contributed by atoms with van der Waals surface area (Å²) in [6.07, 6.45) is 5.32. The van der Waals surface area contributed by atoms with Crippen molar-refractivity contribution in [2.75, 3.05) is 19.5 Å². The Bertz CT molecular complexity index is 933. The second kappa shape index (κ2) is 12.2. The first-order valence-electron chi connectivity index (χ1n) is 10.0. The van der Waals surface area contributed by atoms with Gasteiger partial charge in [-0.2, -0.15) is 0 Å². The van der Waals surface area contributed by atoms with Crippen LogP contribution in [0, 0.1) is 0 Å². The quantitative estimate of drug-likeness (QED) is 0.264. The molecule has 31 heavy (non-hydrogen) atoms. The zero-order chi connectivity index (χ0) is 22.6. The molecule has 0 aliphatic carbocycles. The molecule has 1 amide bonds. The van der Waals surface area contributed by atoms with Crippen molar-refractivity contribution in [1.29, 1.82) is 0 Å². The predicted octanol–water partition coefficient (Wildman–Crippen LogP) is 4.28. The lowest BCUT2D eigenvalue weighted by molar-refractivity contribution is -0.140. The average Bonchev–Trinajstić information content (AvgIpc) is 2.79. The normalized spacial score (nSPS) is 10.9. The summed E-state index contributed by atoms with van der Waals surface area (Å²) in [6, 6.07) is 14.0. The molecule has 0 radical (unpaired) electrons. The van der Waals surface area contributed by atoms with Gasteiger partial charge in [-0.05, 0) is 42.7 Å². The Balaban J connectivity index is 2.16. The van der Waals surface area contributed by atoms with Gasteiger partial charge in [0, 0.05) is 5.56 Å². The molecule has 7 nitrogen and oxygen atoms in total. The third-order valence-electron chi connectivity index (χ3n) is 4.48. The summed E-state index contributed by atoms with van der Waals surface area (Å²) in [5, 5.41) is 2.77. The minimum absolute atomic E-state index is 0.174. The van der Waals surface area contributed by atoms with Crippen LogP contribution in [0.15, 0.2) is 60.4 Å². The van der Waals surface area contributed by atoms with Crippen molar-refractivity contribution >= 4 is 23.5 Å². The highest BCUT2D eigenvalue weighted by Crippen LogP contribution is 2.27. The number of rotatable bonds is 10. The van der Waals surface area contributed by atoms with Crippen LogP contribution in [0.5, 0.6) is 5.75 Å². The van der Waals surface area contributed by atoms with Gasteiger partial charge < -0.3 is 19.5 Å². The lowest BCUT2D eigenvalue weighted by Crippen LogP contribution is -2.16. The van der Waals surface area contributed by atoms with Crippen LogP contribution in [0.4, 0.5) is 5.69 Å². The van der Waals surface area contributed by atoms with Crippen molar-refractivity contribution < 1.29 is 28.6 Å². The standard InChI is InChI=1S/C24H27NO6/c1-4-5-6-9-17-12-14-18(15-13-17)23(27)25-19-10-7-8-11-20(19)31-21(24(28)30-3)16-22(26)29-2/h7-8,10-16H,4-6,9H2,1-3H3,(H,25,27)/b21-16+. The fourth-order valence-electron chi connectivity index (χ4n) is 2.77. The van der Waals surface area contributed by atoms with Crippen LogP contribution in [0.2, 0.25) is 0 Å². The molecule has 0 heterocycles. The maximum atomic E-state index is 12.7. The number of amides is 1. The van der Waals surface area contributed by atoms with Gasteiger partial charge in [-0.15, -0.1) is 0 Å². The summed E-state index contributed by atoms with van der Waals surface area (Å²) in [5.74, 6) is -2.15. The van der Waals surface area contributed by atoms with Gasteiger partial charge in [0.05, 0.1) is 26.0 Å². The van der Waals surface area contributed by atoms with E-state index in [-0.39, 0.29) is 17.4 Å². The molecule has 0 unspecified atom stereocenters. The molecule has 164 valence electrons. The van der Waals surface area contributed by atoms with Gasteiger partial charge in [0.25, 0.3) is 5.91 Å². The molecule has 0 aliphatic heterocycles. The molecular weight excluding hydrogens is 398 g/mol. The zero-order valence-electron chi connectivity index (χ0n) is 18.0. The Kier molecular flexibility index (Phi) is 9.29. The maximum Gasteiger partial charge on any atom is 0.374 e. The minimum atomic E-state index is -0.856. The number of unbranched alkanes of at least 4 members (excludes halogenated alkanes) is 2. The van der Waals surface area contributed by atoms with Crippen LogP contribution in [-0.2, 0) is 25.5 Å². The molecular formula is C24H27NO6. The summed E-state index contributed by atoms with van der Waals surface area (Å²) < 4.78 is 14.7. The van der Waals surface area contributed by atoms with Crippen LogP contribution < -0.4 is 10.1 Å². The number of carbonyl (C=O) groups excluding carboxylic acids is 3. The minimum Gasteiger partial charge on any atom is -0.466 e. The number of para-hydroxylation sites is 2. The molecule has 0 atom stereocenters. The second-order valence-electron chi connectivity index (χ2n) is 6.73. The molecule has 0 fully saturated rings. The maximum absolute atomic E-state index is 12.7. The predicted molar refractivity (Wildman–Crippen MR) is 117 cm³/mol. The number of anilines is 1. The summed E-state index contributed by atoms with van der Waals surface area (Å²) in [5.41, 5.74) is 2.01. The van der Waals surface area contributed by atoms with Gasteiger partial charge in [0.1, 0.15) is 0 Å². The molecule has 0 saturated carbocycles. The fraction of sp³-hybridized carbons (Fsp3) is 0.292. The number of esters is 2. The summed E-state index contributed by atoms with van der Waals surface area (Å²) in [7, 11) is 2.34. The van der Waals surface area contributed by atoms with Crippen LogP contribution in [0.25, 0.3) is 0 Å². The van der Waals surface area contributed by atoms with E-state index >= 15 is 0 Å². The largest absolute Gasteiger partial charge is 0.466 e. The summed E-state index contributed by atoms with van der Waals surface area (Å²) in [4.78, 5) is 36.2. The van der Waals surface area contributed by atoms with Gasteiger partial charge in [-0.3, -0.25) is 4.79 Å². The van der Waals surface area contributed by atoms with Crippen molar-refractivity contribution in [2.45, 2.75) is 32.6 Å². The van der Waals surface area contributed by atoms with Crippen LogP contribution in [-0.4, -0.2) is 32.1 Å². The molecule has 0 bridgehead atoms. The van der Waals surface area contributed by atoms with Crippen molar-refractivity contribution in [1.82, 2.24) is 0 Å². The summed E-state index contributed by atoms with van der Waals surface area (Å²) >= 11 is 0. The Morgan fingerprint density at radius 1 is 0.935 bits per heavy atom. The molecule has 2 aromatic carbocycles. The highest BCUT2D eigenvalue weighted by molar-refractivity contribution is 6.05. The number of aryl methyl sites for hydroxylation is 1. The van der Waals surface area contributed by atoms with Crippen molar-refractivity contribution in [3.63, 3.8) is 0 Å². The zero-order valence-corrected chi connectivity index (χ0v) is 18.0. The van der Waals surface area contributed by atoms with Crippen molar-refractivity contribution in [3.05, 3.63) is 71.5 Å². The van der Waals surface area contributed by atoms with Gasteiger partial charge >= 0.3 is 11.9 Å². The first-order chi connectivity index (χ1) is 15.0. The average molecular weight is 425 g/mol. The van der Waals surface area contributed by atoms with Crippen LogP contribution >= 0.6 is 0 Å². The highest BCUT2D eigenvalue weighted by Gasteiger charge is 2.18. The Morgan fingerprint density at radius 2 is 1.65 bits per heavy atom. The van der Waals surface area contributed by atoms with E-state index in [4.69, 9.17) is 4.74 Å². The monoisotopic (exact) mass is 425 g/mol. The van der Waals surface area contributed by atoms with Gasteiger partial charge in [-0.1, -0.05) is 44.0 Å². The lowest BCUT2D eigenvalue weighted by atomic mass is 10.1. The molecule has 2 aromatic rings. The SMILES string of the molecule is CCCCCc1ccc(C(=O)Nc2ccccc2O/C(=C/C(=O)OC)C(=O)OC)cc1. The van der Waals surface area contributed by atoms with E-state index in [0.29, 0.717) is 11.3 Å². The first-order valence-corrected chi connectivity index (χ1v) is 10.0. The molecule has 0 saturated heterocycles. The number of ether oxygens (including phenoxy) is 3. The third-order valence-corrected chi connectivity index (χ3v) is 4.48.